The van der Waals surface area contributed by atoms with Crippen LogP contribution < -0.4 is 31.9 Å². The lowest BCUT2D eigenvalue weighted by atomic mass is 10.0. The summed E-state index contributed by atoms with van der Waals surface area (Å²) in [5.74, 6) is -13.1. The number of pyridine rings is 1. The number of aromatic nitrogens is 1. The number of ketones is 6. The van der Waals surface area contributed by atoms with Crippen molar-refractivity contribution in [2.45, 2.75) is 116 Å². The number of carbonyl (C=O) groups excluding carboxylic acids is 6. The van der Waals surface area contributed by atoms with E-state index in [2.05, 4.69) is 65.8 Å². The highest BCUT2D eigenvalue weighted by atomic mass is 32.1. The van der Waals surface area contributed by atoms with Crippen LogP contribution in [0.25, 0.3) is 21.0 Å². The molecule has 0 radical (unpaired) electrons. The first kappa shape index (κ1) is 79.6. The Hall–Kier alpha value is -7.68. The molecule has 0 bridgehead atoms. The lowest BCUT2D eigenvalue weighted by molar-refractivity contribution is -0.119. The normalized spacial score (nSPS) is 12.7. The van der Waals surface area contributed by atoms with E-state index in [1.54, 1.807) is 64.6 Å². The molecule has 13 nitrogen and oxygen atoms in total. The minimum atomic E-state index is -2.21. The molecule has 5 aromatic carbocycles. The van der Waals surface area contributed by atoms with Gasteiger partial charge in [-0.1, -0.05) is 48.5 Å². The lowest BCUT2D eigenvalue weighted by Crippen LogP contribution is -2.35. The van der Waals surface area contributed by atoms with Crippen molar-refractivity contribution in [2.24, 2.45) is 0 Å². The van der Waals surface area contributed by atoms with Gasteiger partial charge in [-0.3, -0.25) is 33.8 Å². The number of rotatable bonds is 24. The average molecular weight is 1340 g/mol. The molecule has 0 fully saturated rings. The van der Waals surface area contributed by atoms with Gasteiger partial charge in [0.15, 0.2) is 34.9 Å². The third-order valence-corrected chi connectivity index (χ3v) is 16.3. The number of hydrogen-bond donors (Lipinski definition) is 6. The second-order valence-electron chi connectivity index (χ2n) is 21.4. The maximum absolute atomic E-state index is 13.3. The van der Waals surface area contributed by atoms with Crippen LogP contribution in [0.3, 0.4) is 0 Å². The molecule has 0 aliphatic carbocycles. The Kier molecular flexibility index (Phi) is 34.6. The molecule has 0 unspecified atom stereocenters. The van der Waals surface area contributed by atoms with Crippen LogP contribution in [0.5, 0.6) is 0 Å². The summed E-state index contributed by atoms with van der Waals surface area (Å²) in [4.78, 5) is 71.6. The first-order chi connectivity index (χ1) is 44.0. The maximum Gasteiger partial charge on any atom is 0.200 e. The summed E-state index contributed by atoms with van der Waals surface area (Å²) in [6.45, 7) is 8.90. The number of halogens is 9. The summed E-state index contributed by atoms with van der Waals surface area (Å²) in [5, 5.41) is 25.8. The Balaban J connectivity index is 0.000000292. The number of Topliss-reactive ketones (excluding diaryl/α,β-unsaturated/α-hetero) is 6. The quantitative estimate of drug-likeness (QED) is 0.0191. The fourth-order valence-corrected chi connectivity index (χ4v) is 10.7. The predicted octanol–water partition coefficient (Wildman–Crippen LogP) is 11.5. The lowest BCUT2D eigenvalue weighted by Gasteiger charge is -2.14. The Bertz CT molecular complexity index is 3690. The van der Waals surface area contributed by atoms with E-state index in [1.165, 1.54) is 60.3 Å². The largest absolute Gasteiger partial charge is 0.310 e. The Labute approximate surface area is 544 Å². The predicted molar refractivity (Wildman–Crippen MR) is 350 cm³/mol. The molecule has 0 amide bonds. The molecule has 3 aromatic heterocycles. The highest BCUT2D eigenvalue weighted by Crippen LogP contribution is 2.27. The van der Waals surface area contributed by atoms with Gasteiger partial charge in [-0.15, -0.1) is 11.3 Å². The van der Waals surface area contributed by atoms with Crippen molar-refractivity contribution in [3.8, 4) is 0 Å². The maximum atomic E-state index is 13.3. The fraction of sp³-hybridized carbons (Fsp3) is 0.348. The van der Waals surface area contributed by atoms with Crippen LogP contribution in [0.2, 0.25) is 0 Å². The zero-order valence-corrected chi connectivity index (χ0v) is 55.5. The SMILES string of the molecule is CN[C@@H](Cc1c(F)c(F)c(F)c(F)c1F)C(C)=O.CN[C@@H](Cc1cc(F)cc(F)c1)C(C)=O.CN[C@@H](Cc1ccc(F)c(F)c1)C(C)=O.CN[C@@H](Cc1ccc2ccccc2n1)C(C)=O.CN[C@@H](Cc1ccsc1)C(C)=O.CN[C@@H](Cc1csc2ccccc12)C(C)=O. The highest BCUT2D eigenvalue weighted by molar-refractivity contribution is 7.17. The van der Waals surface area contributed by atoms with Crippen LogP contribution >= 0.6 is 22.7 Å². The average Bonchev–Trinajstić information content (AvgIpc) is 1.28. The Morgan fingerprint density at radius 1 is 0.409 bits per heavy atom. The highest BCUT2D eigenvalue weighted by Gasteiger charge is 2.28. The van der Waals surface area contributed by atoms with Crippen LogP contribution in [0.4, 0.5) is 39.5 Å². The van der Waals surface area contributed by atoms with E-state index in [4.69, 9.17) is 0 Å². The summed E-state index contributed by atoms with van der Waals surface area (Å²) in [5.41, 5.74) is 4.48. The van der Waals surface area contributed by atoms with Gasteiger partial charge in [0.05, 0.1) is 41.8 Å². The molecule has 6 atom stereocenters. The van der Waals surface area contributed by atoms with Crippen LogP contribution in [0.15, 0.2) is 119 Å². The van der Waals surface area contributed by atoms with Gasteiger partial charge < -0.3 is 31.9 Å². The zero-order valence-electron chi connectivity index (χ0n) is 53.9. The third kappa shape index (κ3) is 26.0. The van der Waals surface area contributed by atoms with Gasteiger partial charge in [-0.25, -0.2) is 39.5 Å². The number of carbonyl (C=O) groups is 6. The molecule has 0 aliphatic rings. The Morgan fingerprint density at radius 2 is 0.849 bits per heavy atom. The second kappa shape index (κ2) is 40.4. The van der Waals surface area contributed by atoms with Crippen molar-refractivity contribution in [1.82, 2.24) is 36.9 Å². The van der Waals surface area contributed by atoms with Crippen molar-refractivity contribution in [1.29, 1.82) is 0 Å². The van der Waals surface area contributed by atoms with Crippen LogP contribution in [0.1, 0.15) is 75.1 Å². The Morgan fingerprint density at radius 3 is 1.33 bits per heavy atom. The van der Waals surface area contributed by atoms with E-state index in [0.717, 1.165) is 54.6 Å². The number of fused-ring (bicyclic) bond motifs is 2. The van der Waals surface area contributed by atoms with E-state index in [1.807, 2.05) is 68.0 Å². The smallest absolute Gasteiger partial charge is 0.200 e. The molecule has 0 aliphatic heterocycles. The molecule has 0 saturated heterocycles. The summed E-state index contributed by atoms with van der Waals surface area (Å²) in [6.07, 6.45) is 2.25. The van der Waals surface area contributed by atoms with Crippen LogP contribution in [-0.2, 0) is 67.3 Å². The summed E-state index contributed by atoms with van der Waals surface area (Å²) in [6, 6.07) is 27.3. The number of nitrogens with one attached hydrogen (secondary N) is 6. The van der Waals surface area contributed by atoms with E-state index in [9.17, 15) is 68.3 Å². The minimum absolute atomic E-state index is 0.0257. The first-order valence-electron chi connectivity index (χ1n) is 29.3. The number of thiophene rings is 2. The number of likely N-dealkylation sites (N-methyl/N-ethyl adjacent to an activating group) is 6. The molecule has 24 heteroatoms. The number of nitrogens with zero attached hydrogens (tertiary/aromatic N) is 1. The van der Waals surface area contributed by atoms with Gasteiger partial charge in [0.2, 0.25) is 5.82 Å². The summed E-state index contributed by atoms with van der Waals surface area (Å²) >= 11 is 3.40. The van der Waals surface area contributed by atoms with Crippen LogP contribution in [0, 0.1) is 52.4 Å². The molecule has 0 spiro atoms. The van der Waals surface area contributed by atoms with E-state index in [0.29, 0.717) is 30.4 Å². The van der Waals surface area contributed by atoms with Crippen molar-refractivity contribution < 1.29 is 68.3 Å². The topological polar surface area (TPSA) is 187 Å². The molecular formula is C69H80F9N7O6S2. The van der Waals surface area contributed by atoms with Crippen molar-refractivity contribution in [3.05, 3.63) is 205 Å². The summed E-state index contributed by atoms with van der Waals surface area (Å²) in [7, 11) is 10.1. The van der Waals surface area contributed by atoms with Gasteiger partial charge in [-0.2, -0.15) is 11.3 Å². The molecule has 8 aromatic rings. The number of benzene rings is 5. The molecule has 93 heavy (non-hydrogen) atoms. The van der Waals surface area contributed by atoms with E-state index >= 15 is 0 Å². The molecule has 502 valence electrons. The van der Waals surface area contributed by atoms with E-state index < -0.39 is 82.2 Å². The monoisotopic (exact) mass is 1340 g/mol. The molecule has 6 N–H and O–H groups in total. The molecular weight excluding hydrogens is 1260 g/mol. The van der Waals surface area contributed by atoms with Crippen LogP contribution in [-0.4, -0.2) is 118 Å². The van der Waals surface area contributed by atoms with Crippen molar-refractivity contribution in [2.75, 3.05) is 42.3 Å². The van der Waals surface area contributed by atoms with Gasteiger partial charge in [-0.05, 0) is 202 Å². The standard InChI is InChI=1S/C14H16N2O.C13H15NOS.C11H10F5NO.2C11H13F2NO.C9H13NOS/c1-10(17)14(15-2)9-12-8-7-11-5-3-4-6-13(11)16-12;1-9(15)12(14-2)7-10-8-16-13-6-4-3-5-11(10)13;1-4(18)6(17-2)3-5-7(12)9(14)11(16)10(15)8(5)13;1-7(15)11(14-2)5-8-3-9(12)6-10(13)4-8;1-7(15)11(14-2)6-8-3-4-9(12)10(13)5-8;1-7(11)9(10-2)5-8-3-4-12-6-8/h3-8,14-15H,9H2,1-2H3;3-6,8,12,14H,7H2,1-2H3;6,17H,3H2,1-2H3;3-4,6,11,14H,5H2,1-2H3;3-5,11,14H,6H2,1-2H3;3-4,6,9-10H,5H2,1-2H3/t14-;12-;6-;2*11-;9-/m000000/s1. The van der Waals surface area contributed by atoms with Crippen molar-refractivity contribution >= 4 is 78.4 Å². The first-order valence-corrected chi connectivity index (χ1v) is 31.1. The van der Waals surface area contributed by atoms with Gasteiger partial charge in [0, 0.05) is 40.3 Å². The van der Waals surface area contributed by atoms with Gasteiger partial charge in [0.1, 0.15) is 46.3 Å². The minimum Gasteiger partial charge on any atom is -0.310 e. The number of para-hydroxylation sites is 1. The second-order valence-corrected chi connectivity index (χ2v) is 23.1. The summed E-state index contributed by atoms with van der Waals surface area (Å²) < 4.78 is 118. The number of hydrogen-bond acceptors (Lipinski definition) is 15. The van der Waals surface area contributed by atoms with Gasteiger partial charge in [0.25, 0.3) is 0 Å². The molecule has 8 rings (SSSR count). The molecule has 3 heterocycles. The fourth-order valence-electron chi connectivity index (χ4n) is 9.08. The zero-order chi connectivity index (χ0) is 69.6. The van der Waals surface area contributed by atoms with Gasteiger partial charge >= 0.3 is 0 Å². The third-order valence-electron chi connectivity index (χ3n) is 14.6. The van der Waals surface area contributed by atoms with E-state index in [-0.39, 0.29) is 53.1 Å². The van der Waals surface area contributed by atoms with Crippen molar-refractivity contribution in [3.63, 3.8) is 0 Å². The molecule has 0 saturated carbocycles.